The normalized spacial score (nSPS) is 13.3. The van der Waals surface area contributed by atoms with E-state index in [4.69, 9.17) is 32.5 Å². The van der Waals surface area contributed by atoms with E-state index in [-0.39, 0.29) is 17.5 Å². The molecule has 0 aliphatic carbocycles. The maximum Gasteiger partial charge on any atom is 0.344 e. The number of aryl methyl sites for hydroxylation is 1. The Bertz CT molecular complexity index is 848. The van der Waals surface area contributed by atoms with Crippen LogP contribution in [0.1, 0.15) is 67.0 Å². The molecule has 1 heterocycles. The summed E-state index contributed by atoms with van der Waals surface area (Å²) in [5.74, 6) is -0.685. The number of ether oxygens (including phenoxy) is 1. The molecule has 2 rings (SSSR count). The molecule has 1 aromatic heterocycles. The number of nitrogens with one attached hydrogen (secondary N) is 1. The van der Waals surface area contributed by atoms with Crippen molar-refractivity contribution in [1.29, 1.82) is 0 Å². The standard InChI is InChI=1S/C19H22Cl2N2O4/c1-9(2)17-16(11(4)23-27-17)19(25)26-12(5)18(24)22-10(3)14-7-6-13(20)8-15(14)21/h6-10,12H,1-5H3,(H,22,24)/t10-,12-/m0/s1. The van der Waals surface area contributed by atoms with E-state index in [0.717, 1.165) is 0 Å². The molecule has 0 bridgehead atoms. The predicted molar refractivity (Wildman–Crippen MR) is 103 cm³/mol. The third kappa shape index (κ3) is 5.02. The number of hydrogen-bond donors (Lipinski definition) is 1. The van der Waals surface area contributed by atoms with Gasteiger partial charge in [0.2, 0.25) is 0 Å². The van der Waals surface area contributed by atoms with Crippen molar-refractivity contribution >= 4 is 35.1 Å². The summed E-state index contributed by atoms with van der Waals surface area (Å²) in [6.07, 6.45) is -1.000. The molecule has 8 heteroatoms. The first-order chi connectivity index (χ1) is 12.6. The van der Waals surface area contributed by atoms with Crippen LogP contribution >= 0.6 is 23.2 Å². The zero-order chi connectivity index (χ0) is 20.3. The lowest BCUT2D eigenvalue weighted by molar-refractivity contribution is -0.129. The minimum absolute atomic E-state index is 0.0371. The quantitative estimate of drug-likeness (QED) is 0.686. The number of aromatic nitrogens is 1. The highest BCUT2D eigenvalue weighted by Crippen LogP contribution is 2.26. The minimum Gasteiger partial charge on any atom is -0.449 e. The Hall–Kier alpha value is -2.05. The molecular formula is C19H22Cl2N2O4. The molecule has 146 valence electrons. The van der Waals surface area contributed by atoms with E-state index in [1.165, 1.54) is 6.92 Å². The van der Waals surface area contributed by atoms with E-state index >= 15 is 0 Å². The lowest BCUT2D eigenvalue weighted by Gasteiger charge is -2.19. The van der Waals surface area contributed by atoms with Crippen molar-refractivity contribution in [1.82, 2.24) is 10.5 Å². The molecule has 6 nitrogen and oxygen atoms in total. The molecule has 0 radical (unpaired) electrons. The number of benzene rings is 1. The zero-order valence-electron chi connectivity index (χ0n) is 15.8. The highest BCUT2D eigenvalue weighted by atomic mass is 35.5. The van der Waals surface area contributed by atoms with Crippen LogP contribution in [-0.4, -0.2) is 23.1 Å². The molecular weight excluding hydrogens is 391 g/mol. The number of amides is 1. The van der Waals surface area contributed by atoms with Gasteiger partial charge in [-0.15, -0.1) is 0 Å². The van der Waals surface area contributed by atoms with Crippen molar-refractivity contribution in [2.45, 2.75) is 52.7 Å². The van der Waals surface area contributed by atoms with Crippen LogP contribution in [-0.2, 0) is 9.53 Å². The summed E-state index contributed by atoms with van der Waals surface area (Å²) in [5.41, 5.74) is 1.40. The molecule has 27 heavy (non-hydrogen) atoms. The number of nitrogens with zero attached hydrogens (tertiary/aromatic N) is 1. The highest BCUT2D eigenvalue weighted by Gasteiger charge is 2.27. The van der Waals surface area contributed by atoms with Crippen molar-refractivity contribution in [2.75, 3.05) is 0 Å². The fourth-order valence-electron chi connectivity index (χ4n) is 2.56. The summed E-state index contributed by atoms with van der Waals surface area (Å²) in [5, 5.41) is 7.55. The molecule has 0 aliphatic rings. The van der Waals surface area contributed by atoms with Gasteiger partial charge in [-0.25, -0.2) is 4.79 Å². The highest BCUT2D eigenvalue weighted by molar-refractivity contribution is 6.35. The van der Waals surface area contributed by atoms with Gasteiger partial charge in [0.15, 0.2) is 11.9 Å². The Morgan fingerprint density at radius 1 is 1.19 bits per heavy atom. The summed E-state index contributed by atoms with van der Waals surface area (Å²) in [4.78, 5) is 24.9. The second kappa shape index (κ2) is 8.76. The third-order valence-electron chi connectivity index (χ3n) is 4.06. The van der Waals surface area contributed by atoms with Gasteiger partial charge in [-0.2, -0.15) is 0 Å². The van der Waals surface area contributed by atoms with Crippen molar-refractivity contribution < 1.29 is 18.8 Å². The molecule has 0 spiro atoms. The van der Waals surface area contributed by atoms with Crippen LogP contribution < -0.4 is 5.32 Å². The molecule has 1 aromatic carbocycles. The van der Waals surface area contributed by atoms with Crippen LogP contribution in [0.2, 0.25) is 10.0 Å². The molecule has 0 unspecified atom stereocenters. The second-order valence-corrected chi connectivity index (χ2v) is 7.45. The van der Waals surface area contributed by atoms with Crippen LogP contribution in [0.15, 0.2) is 22.7 Å². The van der Waals surface area contributed by atoms with Crippen molar-refractivity contribution in [3.8, 4) is 0 Å². The van der Waals surface area contributed by atoms with Crippen LogP contribution in [0, 0.1) is 6.92 Å². The van der Waals surface area contributed by atoms with E-state index in [1.807, 2.05) is 13.8 Å². The second-order valence-electron chi connectivity index (χ2n) is 6.61. The van der Waals surface area contributed by atoms with E-state index in [0.29, 0.717) is 27.1 Å². The Kier molecular flexibility index (Phi) is 6.89. The Morgan fingerprint density at radius 2 is 1.85 bits per heavy atom. The van der Waals surface area contributed by atoms with Gasteiger partial charge < -0.3 is 14.6 Å². The van der Waals surface area contributed by atoms with Gasteiger partial charge in [0.1, 0.15) is 5.56 Å². The van der Waals surface area contributed by atoms with Gasteiger partial charge >= 0.3 is 5.97 Å². The number of esters is 1. The van der Waals surface area contributed by atoms with Gasteiger partial charge in [0, 0.05) is 16.0 Å². The van der Waals surface area contributed by atoms with Gasteiger partial charge in [-0.1, -0.05) is 48.3 Å². The maximum atomic E-state index is 12.5. The first kappa shape index (κ1) is 21.3. The molecule has 0 saturated carbocycles. The SMILES string of the molecule is Cc1noc(C(C)C)c1C(=O)O[C@@H](C)C(=O)N[C@@H](C)c1ccc(Cl)cc1Cl. The average molecular weight is 413 g/mol. The van der Waals surface area contributed by atoms with Crippen molar-refractivity contribution in [2.24, 2.45) is 0 Å². The van der Waals surface area contributed by atoms with Crippen LogP contribution in [0.5, 0.6) is 0 Å². The molecule has 0 aliphatic heterocycles. The number of rotatable bonds is 6. The smallest absolute Gasteiger partial charge is 0.344 e. The van der Waals surface area contributed by atoms with Gasteiger partial charge in [-0.3, -0.25) is 4.79 Å². The van der Waals surface area contributed by atoms with E-state index < -0.39 is 18.0 Å². The van der Waals surface area contributed by atoms with E-state index in [1.54, 1.807) is 32.0 Å². The van der Waals surface area contributed by atoms with E-state index in [9.17, 15) is 9.59 Å². The Morgan fingerprint density at radius 3 is 2.44 bits per heavy atom. The van der Waals surface area contributed by atoms with Crippen LogP contribution in [0.3, 0.4) is 0 Å². The fourth-order valence-corrected chi connectivity index (χ4v) is 3.14. The van der Waals surface area contributed by atoms with E-state index in [2.05, 4.69) is 10.5 Å². The Balaban J connectivity index is 2.05. The molecule has 0 fully saturated rings. The van der Waals surface area contributed by atoms with Gasteiger partial charge in [-0.05, 0) is 38.5 Å². The number of carbonyl (C=O) groups excluding carboxylic acids is 2. The van der Waals surface area contributed by atoms with Crippen molar-refractivity contribution in [3.63, 3.8) is 0 Å². The number of hydrogen-bond acceptors (Lipinski definition) is 5. The minimum atomic E-state index is -1.000. The van der Waals surface area contributed by atoms with Crippen LogP contribution in [0.4, 0.5) is 0 Å². The summed E-state index contributed by atoms with van der Waals surface area (Å²) >= 11 is 12.1. The van der Waals surface area contributed by atoms with Gasteiger partial charge in [0.05, 0.1) is 11.7 Å². The fraction of sp³-hybridized carbons (Fsp3) is 0.421. The lowest BCUT2D eigenvalue weighted by atomic mass is 10.1. The maximum absolute atomic E-state index is 12.5. The number of carbonyl (C=O) groups is 2. The first-order valence-corrected chi connectivity index (χ1v) is 9.29. The predicted octanol–water partition coefficient (Wildman–Crippen LogP) is 4.84. The molecule has 1 N–H and O–H groups in total. The number of halogens is 2. The molecule has 2 atom stereocenters. The summed E-state index contributed by atoms with van der Waals surface area (Å²) in [7, 11) is 0. The summed E-state index contributed by atoms with van der Waals surface area (Å²) in [6.45, 7) is 8.69. The van der Waals surface area contributed by atoms with Crippen LogP contribution in [0.25, 0.3) is 0 Å². The molecule has 0 saturated heterocycles. The topological polar surface area (TPSA) is 81.4 Å². The summed E-state index contributed by atoms with van der Waals surface area (Å²) in [6, 6.07) is 4.65. The van der Waals surface area contributed by atoms with Gasteiger partial charge in [0.25, 0.3) is 5.91 Å². The first-order valence-electron chi connectivity index (χ1n) is 8.54. The monoisotopic (exact) mass is 412 g/mol. The van der Waals surface area contributed by atoms with Crippen molar-refractivity contribution in [3.05, 3.63) is 50.8 Å². The average Bonchev–Trinajstić information content (AvgIpc) is 2.96. The molecule has 2 aromatic rings. The Labute approximate surface area is 168 Å². The zero-order valence-corrected chi connectivity index (χ0v) is 17.3. The lowest BCUT2D eigenvalue weighted by Crippen LogP contribution is -2.37. The molecule has 1 amide bonds. The largest absolute Gasteiger partial charge is 0.449 e. The summed E-state index contributed by atoms with van der Waals surface area (Å²) < 4.78 is 10.5. The third-order valence-corrected chi connectivity index (χ3v) is 4.62.